The van der Waals surface area contributed by atoms with E-state index in [1.807, 2.05) is 0 Å². The van der Waals surface area contributed by atoms with Crippen LogP contribution in [0.1, 0.15) is 36.8 Å². The van der Waals surface area contributed by atoms with Crippen molar-refractivity contribution >= 4 is 0 Å². The first-order valence-corrected chi connectivity index (χ1v) is 6.78. The second kappa shape index (κ2) is 6.18. The van der Waals surface area contributed by atoms with Crippen LogP contribution in [0.15, 0.2) is 24.3 Å². The van der Waals surface area contributed by atoms with Crippen molar-refractivity contribution in [2.24, 2.45) is 5.73 Å². The van der Waals surface area contributed by atoms with E-state index in [9.17, 15) is 0 Å². The van der Waals surface area contributed by atoms with Gasteiger partial charge < -0.3 is 10.6 Å². The number of benzene rings is 1. The minimum absolute atomic E-state index is 0.656. The average Bonchev–Trinajstić information content (AvgIpc) is 2.90. The zero-order chi connectivity index (χ0) is 12.1. The van der Waals surface area contributed by atoms with Crippen molar-refractivity contribution in [3.8, 4) is 0 Å². The van der Waals surface area contributed by atoms with Gasteiger partial charge in [0.05, 0.1) is 0 Å². The summed E-state index contributed by atoms with van der Waals surface area (Å²) in [7, 11) is 2.26. The summed E-state index contributed by atoms with van der Waals surface area (Å²) in [5, 5.41) is 0. The van der Waals surface area contributed by atoms with Crippen molar-refractivity contribution in [1.29, 1.82) is 0 Å². The molecule has 2 rings (SSSR count). The molecule has 0 heterocycles. The Morgan fingerprint density at radius 1 is 1.18 bits per heavy atom. The van der Waals surface area contributed by atoms with Crippen LogP contribution in [0.5, 0.6) is 0 Å². The monoisotopic (exact) mass is 232 g/mol. The summed E-state index contributed by atoms with van der Waals surface area (Å²) in [6, 6.07) is 9.37. The molecule has 0 aliphatic heterocycles. The highest BCUT2D eigenvalue weighted by Crippen LogP contribution is 2.22. The molecular weight excluding hydrogens is 208 g/mol. The van der Waals surface area contributed by atoms with Gasteiger partial charge in [-0.2, -0.15) is 0 Å². The Morgan fingerprint density at radius 2 is 1.82 bits per heavy atom. The predicted octanol–water partition coefficient (Wildman–Crippen LogP) is 2.56. The topological polar surface area (TPSA) is 29.3 Å². The highest BCUT2D eigenvalue weighted by molar-refractivity contribution is 5.27. The molecule has 2 heteroatoms. The molecule has 0 atom stereocenters. The zero-order valence-corrected chi connectivity index (χ0v) is 10.9. The smallest absolute Gasteiger partial charge is 0.0180 e. The minimum atomic E-state index is 0.656. The van der Waals surface area contributed by atoms with Crippen molar-refractivity contribution < 1.29 is 0 Å². The van der Waals surface area contributed by atoms with Gasteiger partial charge in [-0.05, 0) is 37.4 Å². The van der Waals surface area contributed by atoms with E-state index in [1.165, 1.54) is 36.8 Å². The Hall–Kier alpha value is -0.860. The summed E-state index contributed by atoms with van der Waals surface area (Å²) in [6.07, 6.45) is 6.72. The fraction of sp³-hybridized carbons (Fsp3) is 0.600. The molecule has 0 radical (unpaired) electrons. The van der Waals surface area contributed by atoms with Gasteiger partial charge in [0.1, 0.15) is 0 Å². The summed E-state index contributed by atoms with van der Waals surface area (Å²) in [4.78, 5) is 2.53. The Balaban J connectivity index is 1.88. The van der Waals surface area contributed by atoms with Crippen LogP contribution in [0.3, 0.4) is 0 Å². The van der Waals surface area contributed by atoms with Crippen LogP contribution < -0.4 is 5.73 Å². The summed E-state index contributed by atoms with van der Waals surface area (Å²) in [5.41, 5.74) is 8.48. The molecule has 2 N–H and O–H groups in total. The standard InChI is InChI=1S/C15H24N2/c1-17(15-8-4-5-9-15)11-10-13-6-2-3-7-14(13)12-16/h2-3,6-7,15H,4-5,8-12,16H2,1H3. The molecule has 1 fully saturated rings. The molecule has 1 saturated carbocycles. The lowest BCUT2D eigenvalue weighted by Gasteiger charge is -2.24. The Labute approximate surface area is 105 Å². The number of nitrogens with two attached hydrogens (primary N) is 1. The van der Waals surface area contributed by atoms with Crippen LogP contribution in [0.4, 0.5) is 0 Å². The molecule has 0 bridgehead atoms. The Morgan fingerprint density at radius 3 is 2.47 bits per heavy atom. The van der Waals surface area contributed by atoms with E-state index in [-0.39, 0.29) is 0 Å². The fourth-order valence-corrected chi connectivity index (χ4v) is 2.82. The molecule has 1 aromatic carbocycles. The minimum Gasteiger partial charge on any atom is -0.326 e. The van der Waals surface area contributed by atoms with Crippen LogP contribution in [0, 0.1) is 0 Å². The van der Waals surface area contributed by atoms with Gasteiger partial charge in [-0.25, -0.2) is 0 Å². The van der Waals surface area contributed by atoms with Crippen molar-refractivity contribution in [2.75, 3.05) is 13.6 Å². The van der Waals surface area contributed by atoms with E-state index in [2.05, 4.69) is 36.2 Å². The highest BCUT2D eigenvalue weighted by Gasteiger charge is 2.19. The lowest BCUT2D eigenvalue weighted by molar-refractivity contribution is 0.248. The van der Waals surface area contributed by atoms with Crippen LogP contribution in [0.2, 0.25) is 0 Å². The number of rotatable bonds is 5. The summed E-state index contributed by atoms with van der Waals surface area (Å²) < 4.78 is 0. The van der Waals surface area contributed by atoms with E-state index in [0.29, 0.717) is 6.54 Å². The third kappa shape index (κ3) is 3.30. The molecule has 1 aromatic rings. The van der Waals surface area contributed by atoms with Gasteiger partial charge in [0.15, 0.2) is 0 Å². The number of likely N-dealkylation sites (N-methyl/N-ethyl adjacent to an activating group) is 1. The van der Waals surface area contributed by atoms with Crippen molar-refractivity contribution in [3.05, 3.63) is 35.4 Å². The van der Waals surface area contributed by atoms with Crippen molar-refractivity contribution in [3.63, 3.8) is 0 Å². The molecular formula is C15H24N2. The fourth-order valence-electron chi connectivity index (χ4n) is 2.82. The van der Waals surface area contributed by atoms with E-state index in [0.717, 1.165) is 19.0 Å². The summed E-state index contributed by atoms with van der Waals surface area (Å²) >= 11 is 0. The van der Waals surface area contributed by atoms with Crippen LogP contribution in [-0.4, -0.2) is 24.5 Å². The van der Waals surface area contributed by atoms with E-state index < -0.39 is 0 Å². The van der Waals surface area contributed by atoms with Crippen molar-refractivity contribution in [2.45, 2.75) is 44.7 Å². The second-order valence-corrected chi connectivity index (χ2v) is 5.14. The van der Waals surface area contributed by atoms with Crippen LogP contribution >= 0.6 is 0 Å². The zero-order valence-electron chi connectivity index (χ0n) is 10.9. The maximum Gasteiger partial charge on any atom is 0.0180 e. The molecule has 0 saturated heterocycles. The van der Waals surface area contributed by atoms with Gasteiger partial charge in [-0.15, -0.1) is 0 Å². The van der Waals surface area contributed by atoms with Gasteiger partial charge in [-0.1, -0.05) is 37.1 Å². The summed E-state index contributed by atoms with van der Waals surface area (Å²) in [6.45, 7) is 1.81. The molecule has 1 aliphatic carbocycles. The quantitative estimate of drug-likeness (QED) is 0.845. The number of hydrogen-bond donors (Lipinski definition) is 1. The Bertz CT molecular complexity index is 343. The lowest BCUT2D eigenvalue weighted by atomic mass is 10.0. The normalized spacial score (nSPS) is 16.9. The van der Waals surface area contributed by atoms with Gasteiger partial charge in [0, 0.05) is 19.1 Å². The van der Waals surface area contributed by atoms with Gasteiger partial charge in [0.2, 0.25) is 0 Å². The molecule has 94 valence electrons. The molecule has 2 nitrogen and oxygen atoms in total. The molecule has 1 aliphatic rings. The third-order valence-corrected chi connectivity index (χ3v) is 4.02. The Kier molecular flexibility index (Phi) is 4.57. The molecule has 0 unspecified atom stereocenters. The second-order valence-electron chi connectivity index (χ2n) is 5.14. The van der Waals surface area contributed by atoms with E-state index >= 15 is 0 Å². The molecule has 0 spiro atoms. The molecule has 0 aromatic heterocycles. The average molecular weight is 232 g/mol. The largest absolute Gasteiger partial charge is 0.326 e. The number of nitrogens with zero attached hydrogens (tertiary/aromatic N) is 1. The maximum absolute atomic E-state index is 5.77. The maximum atomic E-state index is 5.77. The van der Waals surface area contributed by atoms with Crippen molar-refractivity contribution in [1.82, 2.24) is 4.90 Å². The molecule has 0 amide bonds. The SMILES string of the molecule is CN(CCc1ccccc1CN)C1CCCC1. The first kappa shape index (κ1) is 12.6. The van der Waals surface area contributed by atoms with Gasteiger partial charge >= 0.3 is 0 Å². The highest BCUT2D eigenvalue weighted by atomic mass is 15.1. The summed E-state index contributed by atoms with van der Waals surface area (Å²) in [5.74, 6) is 0. The van der Waals surface area contributed by atoms with Gasteiger partial charge in [0.25, 0.3) is 0 Å². The van der Waals surface area contributed by atoms with Crippen LogP contribution in [0.25, 0.3) is 0 Å². The first-order valence-electron chi connectivity index (χ1n) is 6.78. The third-order valence-electron chi connectivity index (χ3n) is 4.02. The first-order chi connectivity index (χ1) is 8.31. The van der Waals surface area contributed by atoms with Gasteiger partial charge in [-0.3, -0.25) is 0 Å². The van der Waals surface area contributed by atoms with Crippen LogP contribution in [-0.2, 0) is 13.0 Å². The lowest BCUT2D eigenvalue weighted by Crippen LogP contribution is -2.31. The van der Waals surface area contributed by atoms with E-state index in [4.69, 9.17) is 5.73 Å². The van der Waals surface area contributed by atoms with E-state index in [1.54, 1.807) is 0 Å². The number of hydrogen-bond acceptors (Lipinski definition) is 2. The molecule has 17 heavy (non-hydrogen) atoms. The predicted molar refractivity (Wildman–Crippen MR) is 72.9 cm³/mol.